The first kappa shape index (κ1) is 28.7. The molecule has 0 spiro atoms. The summed E-state index contributed by atoms with van der Waals surface area (Å²) in [6.45, 7) is 0.0649. The van der Waals surface area contributed by atoms with Gasteiger partial charge in [-0.25, -0.2) is 0 Å². The van der Waals surface area contributed by atoms with Crippen molar-refractivity contribution in [2.24, 2.45) is 0 Å². The van der Waals surface area contributed by atoms with E-state index in [-0.39, 0.29) is 6.71 Å². The van der Waals surface area contributed by atoms with E-state index in [0.717, 1.165) is 35.0 Å². The van der Waals surface area contributed by atoms with Crippen molar-refractivity contribution in [1.82, 2.24) is 0 Å². The van der Waals surface area contributed by atoms with Crippen molar-refractivity contribution < 1.29 is 9.47 Å². The smallest absolute Gasteiger partial charge is 0.250 e. The van der Waals surface area contributed by atoms with Crippen molar-refractivity contribution in [3.05, 3.63) is 187 Å². The summed E-state index contributed by atoms with van der Waals surface area (Å²) < 4.78 is 13.1. The molecular formula is C47H31BO2. The summed E-state index contributed by atoms with van der Waals surface area (Å²) >= 11 is 0. The normalized spacial score (nSPS) is 12.2. The van der Waals surface area contributed by atoms with Gasteiger partial charge in [-0.2, -0.15) is 0 Å². The van der Waals surface area contributed by atoms with E-state index in [1.807, 2.05) is 42.5 Å². The Kier molecular flexibility index (Phi) is 6.70. The lowest BCUT2D eigenvalue weighted by atomic mass is 9.36. The summed E-state index contributed by atoms with van der Waals surface area (Å²) in [4.78, 5) is 0. The molecular weight excluding hydrogens is 607 g/mol. The summed E-state index contributed by atoms with van der Waals surface area (Å²) in [6, 6.07) is 62.7. The second-order valence-corrected chi connectivity index (χ2v) is 13.2. The molecule has 0 saturated carbocycles. The zero-order chi connectivity index (χ0) is 33.0. The van der Waals surface area contributed by atoms with Gasteiger partial charge in [-0.15, -0.1) is 0 Å². The maximum atomic E-state index is 6.75. The summed E-state index contributed by atoms with van der Waals surface area (Å²) in [7, 11) is 0. The molecule has 0 unspecified atom stereocenters. The molecule has 3 heteroatoms. The van der Waals surface area contributed by atoms with Gasteiger partial charge in [-0.1, -0.05) is 145 Å². The molecule has 50 heavy (non-hydrogen) atoms. The summed E-state index contributed by atoms with van der Waals surface area (Å²) in [5.74, 6) is 3.54. The predicted molar refractivity (Wildman–Crippen MR) is 210 cm³/mol. The van der Waals surface area contributed by atoms with Crippen LogP contribution in [-0.2, 0) is 6.42 Å². The molecule has 0 aromatic heterocycles. The molecule has 9 aromatic carbocycles. The van der Waals surface area contributed by atoms with Crippen LogP contribution in [0.25, 0.3) is 43.1 Å². The van der Waals surface area contributed by atoms with Crippen LogP contribution in [0.3, 0.4) is 0 Å². The number of ether oxygens (including phenoxy) is 2. The number of fused-ring (bicyclic) bond motifs is 9. The highest BCUT2D eigenvalue weighted by Gasteiger charge is 2.32. The van der Waals surface area contributed by atoms with E-state index >= 15 is 0 Å². The van der Waals surface area contributed by atoms with Crippen LogP contribution in [0, 0.1) is 0 Å². The maximum absolute atomic E-state index is 6.75. The Morgan fingerprint density at radius 3 is 1.76 bits per heavy atom. The van der Waals surface area contributed by atoms with Crippen LogP contribution in [-0.4, -0.2) is 6.71 Å². The lowest BCUT2D eigenvalue weighted by molar-refractivity contribution is 0.478. The minimum absolute atomic E-state index is 0.0649. The first-order chi connectivity index (χ1) is 24.8. The van der Waals surface area contributed by atoms with Gasteiger partial charge in [0.2, 0.25) is 0 Å². The number of benzene rings is 9. The molecule has 1 heterocycles. The zero-order valence-corrected chi connectivity index (χ0v) is 27.3. The van der Waals surface area contributed by atoms with E-state index in [4.69, 9.17) is 9.47 Å². The molecule has 234 valence electrons. The van der Waals surface area contributed by atoms with Crippen LogP contribution in [0.1, 0.15) is 11.1 Å². The van der Waals surface area contributed by atoms with Crippen LogP contribution in [0.15, 0.2) is 176 Å². The van der Waals surface area contributed by atoms with Gasteiger partial charge in [0, 0.05) is 6.42 Å². The third kappa shape index (κ3) is 4.74. The van der Waals surface area contributed by atoms with E-state index in [0.29, 0.717) is 0 Å². The molecule has 0 amide bonds. The van der Waals surface area contributed by atoms with Crippen molar-refractivity contribution in [3.63, 3.8) is 0 Å². The zero-order valence-electron chi connectivity index (χ0n) is 27.3. The van der Waals surface area contributed by atoms with Crippen molar-refractivity contribution in [2.75, 3.05) is 0 Å². The van der Waals surface area contributed by atoms with Gasteiger partial charge in [-0.05, 0) is 102 Å². The monoisotopic (exact) mass is 638 g/mol. The Balaban J connectivity index is 1.21. The van der Waals surface area contributed by atoms with Gasteiger partial charge >= 0.3 is 0 Å². The third-order valence-electron chi connectivity index (χ3n) is 10.3. The quantitative estimate of drug-likeness (QED) is 0.138. The van der Waals surface area contributed by atoms with Gasteiger partial charge < -0.3 is 9.47 Å². The molecule has 0 N–H and O–H groups in total. The number of hydrogen-bond acceptors (Lipinski definition) is 2. The topological polar surface area (TPSA) is 18.5 Å². The average molecular weight is 639 g/mol. The molecule has 0 fully saturated rings. The van der Waals surface area contributed by atoms with Crippen LogP contribution in [0.4, 0.5) is 0 Å². The molecule has 9 aromatic rings. The van der Waals surface area contributed by atoms with Crippen LogP contribution in [0.5, 0.6) is 23.0 Å². The fourth-order valence-corrected chi connectivity index (χ4v) is 7.99. The first-order valence-electron chi connectivity index (χ1n) is 17.2. The highest BCUT2D eigenvalue weighted by molar-refractivity contribution is 6.97. The largest absolute Gasteiger partial charge is 0.458 e. The molecule has 10 rings (SSSR count). The van der Waals surface area contributed by atoms with Crippen LogP contribution >= 0.6 is 0 Å². The van der Waals surface area contributed by atoms with E-state index in [2.05, 4.69) is 133 Å². The van der Waals surface area contributed by atoms with Crippen molar-refractivity contribution in [1.29, 1.82) is 0 Å². The van der Waals surface area contributed by atoms with Gasteiger partial charge in [-0.3, -0.25) is 0 Å². The van der Waals surface area contributed by atoms with E-state index < -0.39 is 0 Å². The van der Waals surface area contributed by atoms with Crippen LogP contribution < -0.4 is 25.9 Å². The molecule has 0 aliphatic carbocycles. The van der Waals surface area contributed by atoms with Gasteiger partial charge in [0.05, 0.1) is 0 Å². The molecule has 2 nitrogen and oxygen atoms in total. The molecule has 1 aliphatic heterocycles. The van der Waals surface area contributed by atoms with Crippen molar-refractivity contribution in [2.45, 2.75) is 6.42 Å². The highest BCUT2D eigenvalue weighted by atomic mass is 16.5. The number of rotatable bonds is 5. The van der Waals surface area contributed by atoms with E-state index in [1.54, 1.807) is 0 Å². The lowest BCUT2D eigenvalue weighted by Crippen LogP contribution is -2.54. The Morgan fingerprint density at radius 2 is 1.00 bits per heavy atom. The predicted octanol–water partition coefficient (Wildman–Crippen LogP) is 10.3. The second-order valence-electron chi connectivity index (χ2n) is 13.2. The Morgan fingerprint density at radius 1 is 0.420 bits per heavy atom. The van der Waals surface area contributed by atoms with Gasteiger partial charge in [0.25, 0.3) is 6.71 Å². The summed E-state index contributed by atoms with van der Waals surface area (Å²) in [6.07, 6.45) is 0.757. The third-order valence-corrected chi connectivity index (χ3v) is 10.3. The Bertz CT molecular complexity index is 2700. The summed E-state index contributed by atoms with van der Waals surface area (Å²) in [5.41, 5.74) is 6.07. The molecule has 0 saturated heterocycles. The molecule has 0 atom stereocenters. The van der Waals surface area contributed by atoms with E-state index in [1.165, 1.54) is 65.0 Å². The second kappa shape index (κ2) is 11.7. The van der Waals surface area contributed by atoms with Crippen LogP contribution in [0.2, 0.25) is 0 Å². The van der Waals surface area contributed by atoms with Gasteiger partial charge in [0.15, 0.2) is 0 Å². The minimum Gasteiger partial charge on any atom is -0.458 e. The fourth-order valence-electron chi connectivity index (χ4n) is 7.99. The maximum Gasteiger partial charge on any atom is 0.250 e. The number of para-hydroxylation sites is 3. The van der Waals surface area contributed by atoms with Gasteiger partial charge in [0.1, 0.15) is 23.0 Å². The van der Waals surface area contributed by atoms with E-state index in [9.17, 15) is 0 Å². The van der Waals surface area contributed by atoms with Crippen molar-refractivity contribution >= 4 is 66.2 Å². The summed E-state index contributed by atoms with van der Waals surface area (Å²) in [5, 5.41) is 9.88. The lowest BCUT2D eigenvalue weighted by Gasteiger charge is -2.27. The Hall–Kier alpha value is -6.32. The Labute approximate surface area is 291 Å². The minimum atomic E-state index is 0.0649. The molecule has 0 radical (unpaired) electrons. The number of hydrogen-bond donors (Lipinski definition) is 0. The molecule has 0 bridgehead atoms. The molecule has 1 aliphatic rings. The first-order valence-corrected chi connectivity index (χ1v) is 17.2. The standard InChI is InChI=1S/C47H31BO2/c1-2-16-35(17-3-1)49-47-30-42-39-26-25-34(48-43-21-8-10-23-45(43)50-46-24-11-9-22-44(46)48)29-41(39)38-20-7-6-19-37(38)40(42)28-33(47)27-32-15-12-14-31-13-4-5-18-36(31)32/h1-26,28-30H,27H2. The highest BCUT2D eigenvalue weighted by Crippen LogP contribution is 2.40. The fraction of sp³-hybridized carbons (Fsp3) is 0.0213. The SMILES string of the molecule is c1ccc(Oc2cc3c4ccc(B5c6ccccc6Oc6ccccc65)cc4c4ccccc4c3cc2Cc2cccc3ccccc23)cc1. The average Bonchev–Trinajstić information content (AvgIpc) is 3.18. The van der Waals surface area contributed by atoms with Crippen molar-refractivity contribution in [3.8, 4) is 23.0 Å².